The van der Waals surface area contributed by atoms with Crippen molar-refractivity contribution in [1.82, 2.24) is 0 Å². The Bertz CT molecular complexity index is 1430. The van der Waals surface area contributed by atoms with Crippen molar-refractivity contribution in [2.45, 2.75) is 79.1 Å². The quantitative estimate of drug-likeness (QED) is 0.210. The van der Waals surface area contributed by atoms with Gasteiger partial charge in [-0.05, 0) is 94.0 Å². The van der Waals surface area contributed by atoms with Gasteiger partial charge in [0.2, 0.25) is 0 Å². The van der Waals surface area contributed by atoms with E-state index >= 15 is 0 Å². The number of amides is 1. The van der Waals surface area contributed by atoms with Gasteiger partial charge in [0, 0.05) is 21.7 Å². The summed E-state index contributed by atoms with van der Waals surface area (Å²) in [4.78, 5) is 23.4. The molecule has 1 N–H and O–H groups in total. The maximum atomic E-state index is 12.5. The molecule has 0 atom stereocenters. The Kier molecular flexibility index (Phi) is 11.0. The molecule has 1 amide bonds. The van der Waals surface area contributed by atoms with Crippen LogP contribution in [0, 0.1) is 0 Å². The minimum Gasteiger partial charge on any atom is -0.496 e. The van der Waals surface area contributed by atoms with Gasteiger partial charge in [-0.2, -0.15) is 0 Å². The molecule has 0 saturated carbocycles. The largest absolute Gasteiger partial charge is 0.496 e. The van der Waals surface area contributed by atoms with Crippen molar-refractivity contribution in [2.75, 3.05) is 19.5 Å². The van der Waals surface area contributed by atoms with Crippen LogP contribution in [-0.4, -0.2) is 26.4 Å². The van der Waals surface area contributed by atoms with Gasteiger partial charge in [-0.3, -0.25) is 9.59 Å². The Labute approximate surface area is 256 Å². The first-order valence-electron chi connectivity index (χ1n) is 14.5. The first kappa shape index (κ1) is 32.9. The first-order valence-corrected chi connectivity index (χ1v) is 14.9. The van der Waals surface area contributed by atoms with E-state index in [-0.39, 0.29) is 5.91 Å². The van der Waals surface area contributed by atoms with Crippen LogP contribution in [0.25, 0.3) is 11.6 Å². The number of ether oxygens (including phenoxy) is 2. The standard InChI is InChI=1S/C22H24ClNO2.C14H20O2/c1-12(2)17-8-14(9-18(13(3)4)21(17)26-5)10-19-16-7-6-15(23)11-20(16)24-22(19)25;1-9(2)12-6-11(8-15)7-13(10(3)4)14(12)16-5/h6-13H,1-5H3,(H,24,25);6-10H,1-5H3. The van der Waals surface area contributed by atoms with Crippen molar-refractivity contribution >= 4 is 41.1 Å². The molecule has 0 fully saturated rings. The molecule has 0 spiro atoms. The summed E-state index contributed by atoms with van der Waals surface area (Å²) in [6, 6.07) is 13.5. The number of carbonyl (C=O) groups excluding carboxylic acids is 2. The molecular weight excluding hydrogens is 546 g/mol. The summed E-state index contributed by atoms with van der Waals surface area (Å²) in [5.41, 5.74) is 8.56. The van der Waals surface area contributed by atoms with Gasteiger partial charge >= 0.3 is 0 Å². The molecule has 0 bridgehead atoms. The number of hydrogen-bond acceptors (Lipinski definition) is 4. The van der Waals surface area contributed by atoms with Crippen LogP contribution >= 0.6 is 11.6 Å². The molecule has 1 aliphatic heterocycles. The second-order valence-electron chi connectivity index (χ2n) is 11.9. The summed E-state index contributed by atoms with van der Waals surface area (Å²) in [6.07, 6.45) is 2.85. The van der Waals surface area contributed by atoms with Crippen LogP contribution in [0.4, 0.5) is 5.69 Å². The van der Waals surface area contributed by atoms with Gasteiger partial charge in [-0.1, -0.05) is 73.1 Å². The third kappa shape index (κ3) is 7.25. The van der Waals surface area contributed by atoms with E-state index in [1.54, 1.807) is 20.3 Å². The Morgan fingerprint density at radius 2 is 1.12 bits per heavy atom. The highest BCUT2D eigenvalue weighted by Crippen LogP contribution is 2.39. The maximum Gasteiger partial charge on any atom is 0.256 e. The van der Waals surface area contributed by atoms with Crippen LogP contribution in [-0.2, 0) is 4.79 Å². The van der Waals surface area contributed by atoms with Crippen LogP contribution in [0.3, 0.4) is 0 Å². The van der Waals surface area contributed by atoms with E-state index in [0.717, 1.165) is 62.4 Å². The predicted octanol–water partition coefficient (Wildman–Crippen LogP) is 9.84. The Hall–Kier alpha value is -3.57. The lowest BCUT2D eigenvalue weighted by molar-refractivity contribution is -0.110. The fraction of sp³-hybridized carbons (Fsp3) is 0.389. The zero-order chi connectivity index (χ0) is 31.3. The second-order valence-corrected chi connectivity index (χ2v) is 12.3. The molecule has 224 valence electrons. The highest BCUT2D eigenvalue weighted by molar-refractivity contribution is 6.36. The molecule has 0 aliphatic carbocycles. The Morgan fingerprint density at radius 3 is 1.50 bits per heavy atom. The van der Waals surface area contributed by atoms with E-state index in [2.05, 4.69) is 72.8 Å². The molecule has 42 heavy (non-hydrogen) atoms. The molecule has 0 unspecified atom stereocenters. The number of benzene rings is 3. The third-order valence-corrected chi connectivity index (χ3v) is 7.68. The smallest absolute Gasteiger partial charge is 0.256 e. The van der Waals surface area contributed by atoms with Crippen LogP contribution in [0.2, 0.25) is 5.02 Å². The van der Waals surface area contributed by atoms with Crippen molar-refractivity contribution in [1.29, 1.82) is 0 Å². The van der Waals surface area contributed by atoms with Crippen LogP contribution in [0.15, 0.2) is 42.5 Å². The number of anilines is 1. The van der Waals surface area contributed by atoms with Crippen LogP contribution < -0.4 is 14.8 Å². The Balaban J connectivity index is 0.000000260. The molecule has 6 heteroatoms. The van der Waals surface area contributed by atoms with Gasteiger partial charge < -0.3 is 14.8 Å². The SMILES string of the molecule is COc1c(C(C)C)cc(C=C2C(=O)Nc3cc(Cl)ccc32)cc1C(C)C.COc1c(C(C)C)cc(C=O)cc1C(C)C. The molecule has 1 heterocycles. The average Bonchev–Trinajstić information content (AvgIpc) is 3.25. The minimum absolute atomic E-state index is 0.102. The Morgan fingerprint density at radius 1 is 0.690 bits per heavy atom. The first-order chi connectivity index (χ1) is 19.8. The maximum absolute atomic E-state index is 12.5. The van der Waals surface area contributed by atoms with Gasteiger partial charge in [0.25, 0.3) is 5.91 Å². The second kappa shape index (κ2) is 14.1. The summed E-state index contributed by atoms with van der Waals surface area (Å²) < 4.78 is 11.2. The van der Waals surface area contributed by atoms with Crippen molar-refractivity contribution in [3.8, 4) is 11.5 Å². The van der Waals surface area contributed by atoms with E-state index in [9.17, 15) is 9.59 Å². The molecular formula is C36H44ClNO4. The number of rotatable bonds is 8. The number of methoxy groups -OCH3 is 2. The van der Waals surface area contributed by atoms with Crippen LogP contribution in [0.5, 0.6) is 11.5 Å². The molecule has 0 saturated heterocycles. The lowest BCUT2D eigenvalue weighted by Crippen LogP contribution is -2.04. The lowest BCUT2D eigenvalue weighted by Gasteiger charge is -2.19. The zero-order valence-electron chi connectivity index (χ0n) is 26.5. The van der Waals surface area contributed by atoms with Gasteiger partial charge in [0.15, 0.2) is 0 Å². The molecule has 3 aromatic rings. The monoisotopic (exact) mass is 589 g/mol. The molecule has 3 aromatic carbocycles. The number of hydrogen-bond donors (Lipinski definition) is 1. The van der Waals surface area contributed by atoms with Gasteiger partial charge in [0.05, 0.1) is 19.9 Å². The fourth-order valence-corrected chi connectivity index (χ4v) is 5.38. The van der Waals surface area contributed by atoms with Crippen molar-refractivity contribution < 1.29 is 19.1 Å². The number of nitrogens with one attached hydrogen (secondary N) is 1. The molecule has 1 aliphatic rings. The number of fused-ring (bicyclic) bond motifs is 1. The molecule has 4 rings (SSSR count). The molecule has 0 aromatic heterocycles. The average molecular weight is 590 g/mol. The van der Waals surface area contributed by atoms with Crippen molar-refractivity contribution in [3.05, 3.63) is 86.4 Å². The normalized spacial score (nSPS) is 13.4. The van der Waals surface area contributed by atoms with Gasteiger partial charge in [0.1, 0.15) is 17.8 Å². The third-order valence-electron chi connectivity index (χ3n) is 7.45. The number of aldehydes is 1. The summed E-state index contributed by atoms with van der Waals surface area (Å²) >= 11 is 6.04. The van der Waals surface area contributed by atoms with E-state index in [0.29, 0.717) is 34.3 Å². The summed E-state index contributed by atoms with van der Waals surface area (Å²) in [5.74, 6) is 3.12. The number of carbonyl (C=O) groups is 2. The lowest BCUT2D eigenvalue weighted by atomic mass is 9.90. The van der Waals surface area contributed by atoms with Crippen molar-refractivity contribution in [3.63, 3.8) is 0 Å². The number of halogens is 1. The van der Waals surface area contributed by atoms with E-state index in [4.69, 9.17) is 21.1 Å². The highest BCUT2D eigenvalue weighted by atomic mass is 35.5. The molecule has 5 nitrogen and oxygen atoms in total. The van der Waals surface area contributed by atoms with Crippen molar-refractivity contribution in [2.24, 2.45) is 0 Å². The van der Waals surface area contributed by atoms with E-state index in [1.807, 2.05) is 30.3 Å². The highest BCUT2D eigenvalue weighted by Gasteiger charge is 2.25. The van der Waals surface area contributed by atoms with Gasteiger partial charge in [-0.25, -0.2) is 0 Å². The topological polar surface area (TPSA) is 64.6 Å². The van der Waals surface area contributed by atoms with Crippen LogP contribution in [0.1, 0.15) is 123 Å². The predicted molar refractivity (Wildman–Crippen MR) is 176 cm³/mol. The fourth-order valence-electron chi connectivity index (χ4n) is 5.21. The minimum atomic E-state index is -0.102. The van der Waals surface area contributed by atoms with Gasteiger partial charge in [-0.15, -0.1) is 0 Å². The van der Waals surface area contributed by atoms with E-state index < -0.39 is 0 Å². The summed E-state index contributed by atoms with van der Waals surface area (Å²) in [6.45, 7) is 17.0. The zero-order valence-corrected chi connectivity index (χ0v) is 27.3. The van der Waals surface area contributed by atoms with E-state index in [1.165, 1.54) is 0 Å². The summed E-state index contributed by atoms with van der Waals surface area (Å²) in [7, 11) is 3.41. The molecule has 0 radical (unpaired) electrons. The summed E-state index contributed by atoms with van der Waals surface area (Å²) in [5, 5.41) is 3.50.